The van der Waals surface area contributed by atoms with Crippen molar-refractivity contribution in [3.05, 3.63) is 128 Å². The zero-order valence-electron chi connectivity index (χ0n) is 22.3. The first-order valence-corrected chi connectivity index (χ1v) is 13.2. The molecular formula is C34H40N2. The van der Waals surface area contributed by atoms with Crippen LogP contribution in [0.4, 0.5) is 11.4 Å². The molecule has 0 amide bonds. The summed E-state index contributed by atoms with van der Waals surface area (Å²) in [5.41, 5.74) is 27.3. The highest BCUT2D eigenvalue weighted by molar-refractivity contribution is 5.53. The molecule has 0 aromatic heterocycles. The molecule has 0 fully saturated rings. The molecule has 0 radical (unpaired) electrons. The Bertz CT molecular complexity index is 1210. The topological polar surface area (TPSA) is 52.0 Å². The number of benzene rings is 4. The van der Waals surface area contributed by atoms with Crippen LogP contribution in [-0.4, -0.2) is 0 Å². The Morgan fingerprint density at radius 3 is 0.944 bits per heavy atom. The highest BCUT2D eigenvalue weighted by Crippen LogP contribution is 2.22. The molecule has 0 saturated heterocycles. The van der Waals surface area contributed by atoms with E-state index in [2.05, 4.69) is 88.4 Å². The fourth-order valence-electron chi connectivity index (χ4n) is 4.93. The largest absolute Gasteiger partial charge is 0.399 e. The van der Waals surface area contributed by atoms with Crippen molar-refractivity contribution in [2.24, 2.45) is 0 Å². The van der Waals surface area contributed by atoms with Gasteiger partial charge in [0.25, 0.3) is 0 Å². The lowest BCUT2D eigenvalue weighted by atomic mass is 9.95. The van der Waals surface area contributed by atoms with Gasteiger partial charge in [0.05, 0.1) is 0 Å². The van der Waals surface area contributed by atoms with Gasteiger partial charge >= 0.3 is 0 Å². The van der Waals surface area contributed by atoms with E-state index in [1.807, 2.05) is 12.1 Å². The van der Waals surface area contributed by atoms with Gasteiger partial charge in [-0.25, -0.2) is 0 Å². The maximum absolute atomic E-state index is 6.04. The third-order valence-electron chi connectivity index (χ3n) is 8.00. The maximum atomic E-state index is 6.04. The summed E-state index contributed by atoms with van der Waals surface area (Å²) in [6.07, 6.45) is 6.36. The molecule has 2 heteroatoms. The van der Waals surface area contributed by atoms with E-state index < -0.39 is 0 Å². The molecule has 0 aliphatic carbocycles. The lowest BCUT2D eigenvalue weighted by molar-refractivity contribution is 0.925. The summed E-state index contributed by atoms with van der Waals surface area (Å²) in [4.78, 5) is 0. The van der Waals surface area contributed by atoms with Crippen LogP contribution in [0.15, 0.2) is 72.8 Å². The predicted molar refractivity (Wildman–Crippen MR) is 156 cm³/mol. The fraction of sp³-hybridized carbons (Fsp3) is 0.294. The van der Waals surface area contributed by atoms with Crippen molar-refractivity contribution < 1.29 is 0 Å². The van der Waals surface area contributed by atoms with E-state index in [1.165, 1.54) is 55.6 Å². The Labute approximate surface area is 217 Å². The number of hydrogen-bond donors (Lipinski definition) is 2. The van der Waals surface area contributed by atoms with Crippen LogP contribution >= 0.6 is 0 Å². The summed E-state index contributed by atoms with van der Waals surface area (Å²) in [5, 5.41) is 0. The summed E-state index contributed by atoms with van der Waals surface area (Å²) >= 11 is 0. The van der Waals surface area contributed by atoms with Gasteiger partial charge in [-0.3, -0.25) is 0 Å². The smallest absolute Gasteiger partial charge is 0.0346 e. The lowest BCUT2D eigenvalue weighted by Gasteiger charge is -2.12. The van der Waals surface area contributed by atoms with Crippen LogP contribution in [0.2, 0.25) is 0 Å². The molecule has 0 spiro atoms. The number of rotatable bonds is 9. The van der Waals surface area contributed by atoms with Crippen molar-refractivity contribution in [1.82, 2.24) is 0 Å². The molecule has 0 aliphatic heterocycles. The quantitative estimate of drug-likeness (QED) is 0.247. The van der Waals surface area contributed by atoms with E-state index >= 15 is 0 Å². The van der Waals surface area contributed by atoms with Crippen LogP contribution in [0.5, 0.6) is 0 Å². The Kier molecular flexibility index (Phi) is 8.15. The summed E-state index contributed by atoms with van der Waals surface area (Å²) in [6.45, 7) is 8.58. The van der Waals surface area contributed by atoms with Gasteiger partial charge in [0.2, 0.25) is 0 Å². The minimum Gasteiger partial charge on any atom is -0.399 e. The average Bonchev–Trinajstić information content (AvgIpc) is 2.89. The lowest BCUT2D eigenvalue weighted by Crippen LogP contribution is -2.00. The normalized spacial score (nSPS) is 11.1. The first-order valence-electron chi connectivity index (χ1n) is 13.2. The van der Waals surface area contributed by atoms with Crippen LogP contribution in [-0.2, 0) is 38.5 Å². The zero-order valence-corrected chi connectivity index (χ0v) is 22.3. The molecule has 4 rings (SSSR count). The van der Waals surface area contributed by atoms with E-state index in [9.17, 15) is 0 Å². The van der Waals surface area contributed by atoms with Crippen molar-refractivity contribution in [3.63, 3.8) is 0 Å². The van der Waals surface area contributed by atoms with Crippen LogP contribution in [0.25, 0.3) is 0 Å². The second-order valence-corrected chi connectivity index (χ2v) is 10.3. The van der Waals surface area contributed by atoms with Crippen molar-refractivity contribution in [1.29, 1.82) is 0 Å². The summed E-state index contributed by atoms with van der Waals surface area (Å²) in [7, 11) is 0. The van der Waals surface area contributed by atoms with Crippen molar-refractivity contribution >= 4 is 11.4 Å². The Hall–Kier alpha value is -3.52. The first-order chi connectivity index (χ1) is 17.3. The molecule has 0 aliphatic rings. The second kappa shape index (κ2) is 11.5. The Morgan fingerprint density at radius 1 is 0.361 bits per heavy atom. The number of anilines is 2. The van der Waals surface area contributed by atoms with Gasteiger partial charge in [0.1, 0.15) is 0 Å². The van der Waals surface area contributed by atoms with Gasteiger partial charge in [-0.15, -0.1) is 0 Å². The Balaban J connectivity index is 1.26. The second-order valence-electron chi connectivity index (χ2n) is 10.3. The van der Waals surface area contributed by atoms with Gasteiger partial charge in [0.15, 0.2) is 0 Å². The monoisotopic (exact) mass is 476 g/mol. The minimum absolute atomic E-state index is 0.888. The zero-order chi connectivity index (χ0) is 25.7. The van der Waals surface area contributed by atoms with Crippen molar-refractivity contribution in [2.75, 3.05) is 11.5 Å². The highest BCUT2D eigenvalue weighted by atomic mass is 14.6. The molecule has 0 atom stereocenters. The van der Waals surface area contributed by atoms with Crippen LogP contribution in [0.1, 0.15) is 55.6 Å². The van der Waals surface area contributed by atoms with Crippen LogP contribution in [0.3, 0.4) is 0 Å². The van der Waals surface area contributed by atoms with Gasteiger partial charge < -0.3 is 11.5 Å². The molecule has 4 aromatic rings. The molecule has 4 aromatic carbocycles. The molecular weight excluding hydrogens is 436 g/mol. The predicted octanol–water partition coefficient (Wildman–Crippen LogP) is 7.44. The van der Waals surface area contributed by atoms with Gasteiger partial charge in [-0.1, -0.05) is 60.7 Å². The molecule has 0 unspecified atom stereocenters. The molecule has 2 nitrogen and oxygen atoms in total. The molecule has 0 heterocycles. The van der Waals surface area contributed by atoms with E-state index in [-0.39, 0.29) is 0 Å². The number of nitrogen functional groups attached to an aromatic ring is 2. The molecule has 36 heavy (non-hydrogen) atoms. The summed E-state index contributed by atoms with van der Waals surface area (Å²) in [5.74, 6) is 0. The number of nitrogens with two attached hydrogens (primary N) is 2. The fourth-order valence-corrected chi connectivity index (χ4v) is 4.93. The van der Waals surface area contributed by atoms with Crippen molar-refractivity contribution in [3.8, 4) is 0 Å². The number of hydrogen-bond acceptors (Lipinski definition) is 2. The third-order valence-corrected chi connectivity index (χ3v) is 8.00. The summed E-state index contributed by atoms with van der Waals surface area (Å²) in [6, 6.07) is 26.8. The average molecular weight is 477 g/mol. The van der Waals surface area contributed by atoms with E-state index in [0.717, 1.165) is 49.9 Å². The standard InChI is InChI=1S/C34H40N2/c1-23-25(3)33(35)21-19-31(23)17-15-29-11-7-27(8-12-29)5-6-28-9-13-30(14-10-28)16-18-32-20-22-34(36)26(4)24(32)2/h7-14,19-22H,5-6,15-18,35-36H2,1-4H3. The maximum Gasteiger partial charge on any atom is 0.0346 e. The number of aryl methyl sites for hydroxylation is 6. The van der Waals surface area contributed by atoms with Crippen LogP contribution in [0, 0.1) is 27.7 Å². The SMILES string of the molecule is Cc1c(N)ccc(CCc2ccc(CCc3ccc(CCc4ccc(N)c(C)c4C)cc3)cc2)c1C. The van der Waals surface area contributed by atoms with Crippen LogP contribution < -0.4 is 11.5 Å². The summed E-state index contributed by atoms with van der Waals surface area (Å²) < 4.78 is 0. The van der Waals surface area contributed by atoms with Gasteiger partial charge in [0, 0.05) is 11.4 Å². The van der Waals surface area contributed by atoms with Gasteiger partial charge in [-0.05, 0) is 134 Å². The molecule has 0 bridgehead atoms. The van der Waals surface area contributed by atoms with Crippen molar-refractivity contribution in [2.45, 2.75) is 66.2 Å². The molecule has 4 N–H and O–H groups in total. The first kappa shape index (κ1) is 25.6. The third kappa shape index (κ3) is 6.18. The highest BCUT2D eigenvalue weighted by Gasteiger charge is 2.07. The molecule has 186 valence electrons. The van der Waals surface area contributed by atoms with E-state index in [1.54, 1.807) is 0 Å². The van der Waals surface area contributed by atoms with Gasteiger partial charge in [-0.2, -0.15) is 0 Å². The van der Waals surface area contributed by atoms with E-state index in [0.29, 0.717) is 0 Å². The van der Waals surface area contributed by atoms with E-state index in [4.69, 9.17) is 11.5 Å². The minimum atomic E-state index is 0.888. The Morgan fingerprint density at radius 2 is 0.639 bits per heavy atom. The molecule has 0 saturated carbocycles.